The van der Waals surface area contributed by atoms with E-state index in [0.717, 1.165) is 27.6 Å². The average Bonchev–Trinajstić information content (AvgIpc) is 2.71. The van der Waals surface area contributed by atoms with Gasteiger partial charge in [-0.25, -0.2) is 4.79 Å². The number of fused-ring (bicyclic) bond motifs is 1. The number of rotatable bonds is 6. The number of hydrogen-bond acceptors (Lipinski definition) is 3. The molecule has 0 fully saturated rings. The van der Waals surface area contributed by atoms with Gasteiger partial charge >= 0.3 is 6.03 Å². The topological polar surface area (TPSA) is 41.6 Å². The van der Waals surface area contributed by atoms with Crippen LogP contribution in [-0.2, 0) is 13.1 Å². The van der Waals surface area contributed by atoms with E-state index >= 15 is 0 Å². The third kappa shape index (κ3) is 4.95. The molecule has 0 aromatic heterocycles. The molecule has 140 valence electrons. The number of thioether (sulfide) groups is 1. The molecule has 3 aromatic carbocycles. The minimum Gasteiger partial charge on any atom is -0.497 e. The first kappa shape index (κ1) is 19.1. The minimum atomic E-state index is -0.0845. The van der Waals surface area contributed by atoms with E-state index in [4.69, 9.17) is 4.74 Å². The SMILES string of the molecule is COc1ccc2cc(CNC(=O)N(C)Cc3ccc(SC)cc3)ccc2c1. The quantitative estimate of drug-likeness (QED) is 0.618. The summed E-state index contributed by atoms with van der Waals surface area (Å²) in [7, 11) is 3.48. The highest BCUT2D eigenvalue weighted by atomic mass is 32.2. The fourth-order valence-electron chi connectivity index (χ4n) is 2.90. The monoisotopic (exact) mass is 380 g/mol. The molecule has 0 heterocycles. The van der Waals surface area contributed by atoms with Crippen LogP contribution in [0.15, 0.2) is 65.6 Å². The van der Waals surface area contributed by atoms with E-state index < -0.39 is 0 Å². The average molecular weight is 381 g/mol. The molecule has 2 amide bonds. The van der Waals surface area contributed by atoms with Crippen molar-refractivity contribution in [2.24, 2.45) is 0 Å². The summed E-state index contributed by atoms with van der Waals surface area (Å²) in [6.07, 6.45) is 2.05. The molecule has 0 aliphatic heterocycles. The Kier molecular flexibility index (Phi) is 6.24. The lowest BCUT2D eigenvalue weighted by Gasteiger charge is -2.18. The number of nitrogens with one attached hydrogen (secondary N) is 1. The molecule has 0 aliphatic rings. The molecule has 27 heavy (non-hydrogen) atoms. The fourth-order valence-corrected chi connectivity index (χ4v) is 3.31. The molecule has 3 aromatic rings. The van der Waals surface area contributed by atoms with Crippen molar-refractivity contribution in [1.29, 1.82) is 0 Å². The number of ether oxygens (including phenoxy) is 1. The molecule has 0 atom stereocenters. The van der Waals surface area contributed by atoms with Gasteiger partial charge in [0.25, 0.3) is 0 Å². The second-order valence-corrected chi connectivity index (χ2v) is 7.29. The van der Waals surface area contributed by atoms with Gasteiger partial charge in [0, 0.05) is 25.0 Å². The first-order valence-corrected chi connectivity index (χ1v) is 10.00. The van der Waals surface area contributed by atoms with Crippen LogP contribution >= 0.6 is 11.8 Å². The lowest BCUT2D eigenvalue weighted by Crippen LogP contribution is -2.36. The Hall–Kier alpha value is -2.66. The highest BCUT2D eigenvalue weighted by Crippen LogP contribution is 2.22. The summed E-state index contributed by atoms with van der Waals surface area (Å²) < 4.78 is 5.26. The highest BCUT2D eigenvalue weighted by Gasteiger charge is 2.09. The largest absolute Gasteiger partial charge is 0.497 e. The first-order chi connectivity index (χ1) is 13.1. The van der Waals surface area contributed by atoms with Gasteiger partial charge in [0.15, 0.2) is 0 Å². The van der Waals surface area contributed by atoms with Gasteiger partial charge in [-0.1, -0.05) is 30.3 Å². The van der Waals surface area contributed by atoms with Crippen molar-refractivity contribution in [2.75, 3.05) is 20.4 Å². The molecule has 0 saturated carbocycles. The number of carbonyl (C=O) groups excluding carboxylic acids is 1. The van der Waals surface area contributed by atoms with Crippen LogP contribution in [0.4, 0.5) is 4.79 Å². The summed E-state index contributed by atoms with van der Waals surface area (Å²) in [5.41, 5.74) is 2.18. The number of amides is 2. The Balaban J connectivity index is 1.58. The molecule has 0 bridgehead atoms. The van der Waals surface area contributed by atoms with Crippen LogP contribution in [0.5, 0.6) is 5.75 Å². The Bertz CT molecular complexity index is 925. The number of carbonyl (C=O) groups is 1. The van der Waals surface area contributed by atoms with Gasteiger partial charge in [-0.3, -0.25) is 0 Å². The van der Waals surface area contributed by atoms with Crippen molar-refractivity contribution >= 4 is 28.6 Å². The lowest BCUT2D eigenvalue weighted by atomic mass is 10.1. The van der Waals surface area contributed by atoms with Gasteiger partial charge < -0.3 is 15.0 Å². The number of urea groups is 1. The van der Waals surface area contributed by atoms with E-state index in [2.05, 4.69) is 48.0 Å². The summed E-state index contributed by atoms with van der Waals surface area (Å²) in [4.78, 5) is 15.3. The zero-order valence-electron chi connectivity index (χ0n) is 15.9. The van der Waals surface area contributed by atoms with Crippen molar-refractivity contribution in [2.45, 2.75) is 18.0 Å². The molecule has 3 rings (SSSR count). The smallest absolute Gasteiger partial charge is 0.317 e. The van der Waals surface area contributed by atoms with Crippen molar-refractivity contribution in [1.82, 2.24) is 10.2 Å². The van der Waals surface area contributed by atoms with Crippen LogP contribution in [0.25, 0.3) is 10.8 Å². The van der Waals surface area contributed by atoms with Gasteiger partial charge in [-0.15, -0.1) is 11.8 Å². The number of benzene rings is 3. The molecular weight excluding hydrogens is 356 g/mol. The molecule has 5 heteroatoms. The molecule has 0 spiro atoms. The number of methoxy groups -OCH3 is 1. The van der Waals surface area contributed by atoms with E-state index in [0.29, 0.717) is 13.1 Å². The predicted molar refractivity (Wildman–Crippen MR) is 112 cm³/mol. The van der Waals surface area contributed by atoms with Gasteiger partial charge in [-0.2, -0.15) is 0 Å². The van der Waals surface area contributed by atoms with Crippen LogP contribution in [0.2, 0.25) is 0 Å². The van der Waals surface area contributed by atoms with E-state index in [1.165, 1.54) is 4.90 Å². The zero-order chi connectivity index (χ0) is 19.2. The molecule has 0 unspecified atom stereocenters. The fraction of sp³-hybridized carbons (Fsp3) is 0.227. The minimum absolute atomic E-state index is 0.0845. The predicted octanol–water partition coefficient (Wildman–Crippen LogP) is 4.91. The summed E-state index contributed by atoms with van der Waals surface area (Å²) in [6.45, 7) is 1.08. The summed E-state index contributed by atoms with van der Waals surface area (Å²) >= 11 is 1.71. The number of hydrogen-bond donors (Lipinski definition) is 1. The van der Waals surface area contributed by atoms with E-state index in [1.807, 2.05) is 31.3 Å². The maximum absolute atomic E-state index is 12.4. The van der Waals surface area contributed by atoms with Crippen LogP contribution in [0.3, 0.4) is 0 Å². The van der Waals surface area contributed by atoms with Crippen LogP contribution in [-0.4, -0.2) is 31.3 Å². The van der Waals surface area contributed by atoms with Crippen molar-refractivity contribution in [3.8, 4) is 5.75 Å². The van der Waals surface area contributed by atoms with Crippen molar-refractivity contribution < 1.29 is 9.53 Å². The normalized spacial score (nSPS) is 10.6. The van der Waals surface area contributed by atoms with Gasteiger partial charge in [0.1, 0.15) is 5.75 Å². The van der Waals surface area contributed by atoms with Gasteiger partial charge in [0.2, 0.25) is 0 Å². The van der Waals surface area contributed by atoms with Crippen molar-refractivity contribution in [3.05, 3.63) is 71.8 Å². The Labute approximate surface area is 164 Å². The Morgan fingerprint density at radius 2 is 1.67 bits per heavy atom. The summed E-state index contributed by atoms with van der Waals surface area (Å²) in [5.74, 6) is 0.843. The van der Waals surface area contributed by atoms with Crippen LogP contribution in [0, 0.1) is 0 Å². The maximum Gasteiger partial charge on any atom is 0.317 e. The van der Waals surface area contributed by atoms with Crippen LogP contribution < -0.4 is 10.1 Å². The van der Waals surface area contributed by atoms with Gasteiger partial charge in [0.05, 0.1) is 7.11 Å². The molecule has 4 nitrogen and oxygen atoms in total. The van der Waals surface area contributed by atoms with E-state index in [1.54, 1.807) is 23.8 Å². The second kappa shape index (κ2) is 8.82. The maximum atomic E-state index is 12.4. The standard InChI is InChI=1S/C22H24N2O2S/c1-24(15-16-5-10-21(27-3)11-6-16)22(25)23-14-17-4-7-19-13-20(26-2)9-8-18(19)12-17/h4-13H,14-15H2,1-3H3,(H,23,25). The molecule has 0 aliphatic carbocycles. The summed E-state index contributed by atoms with van der Waals surface area (Å²) in [5, 5.41) is 5.24. The van der Waals surface area contributed by atoms with E-state index in [-0.39, 0.29) is 6.03 Å². The van der Waals surface area contributed by atoms with E-state index in [9.17, 15) is 4.79 Å². The Morgan fingerprint density at radius 1 is 1.00 bits per heavy atom. The molecule has 0 radical (unpaired) electrons. The summed E-state index contributed by atoms with van der Waals surface area (Å²) in [6, 6.07) is 20.4. The van der Waals surface area contributed by atoms with Crippen molar-refractivity contribution in [3.63, 3.8) is 0 Å². The first-order valence-electron chi connectivity index (χ1n) is 8.77. The zero-order valence-corrected chi connectivity index (χ0v) is 16.7. The molecule has 0 saturated heterocycles. The third-order valence-corrected chi connectivity index (χ3v) is 5.22. The van der Waals surface area contributed by atoms with Crippen LogP contribution in [0.1, 0.15) is 11.1 Å². The molecule has 1 N–H and O–H groups in total. The number of nitrogens with zero attached hydrogens (tertiary/aromatic N) is 1. The highest BCUT2D eigenvalue weighted by molar-refractivity contribution is 7.98. The Morgan fingerprint density at radius 3 is 2.37 bits per heavy atom. The molecular formula is C22H24N2O2S. The second-order valence-electron chi connectivity index (χ2n) is 6.41. The third-order valence-electron chi connectivity index (χ3n) is 4.48. The van der Waals surface area contributed by atoms with Gasteiger partial charge in [-0.05, 0) is 58.5 Å². The lowest BCUT2D eigenvalue weighted by molar-refractivity contribution is 0.206.